The number of hydrogen-bond acceptors (Lipinski definition) is 3. The Labute approximate surface area is 171 Å². The van der Waals surface area contributed by atoms with Crippen LogP contribution in [-0.4, -0.2) is 31.1 Å². The summed E-state index contributed by atoms with van der Waals surface area (Å²) in [6.45, 7) is 0.580. The molecule has 1 aromatic heterocycles. The van der Waals surface area contributed by atoms with Gasteiger partial charge in [0.25, 0.3) is 12.3 Å². The van der Waals surface area contributed by atoms with Gasteiger partial charge in [-0.15, -0.1) is 0 Å². The van der Waals surface area contributed by atoms with E-state index in [1.807, 2.05) is 0 Å². The van der Waals surface area contributed by atoms with Crippen LogP contribution in [0.2, 0.25) is 5.02 Å². The highest BCUT2D eigenvalue weighted by atomic mass is 35.5. The summed E-state index contributed by atoms with van der Waals surface area (Å²) in [7, 11) is -3.56. The third kappa shape index (κ3) is 5.08. The summed E-state index contributed by atoms with van der Waals surface area (Å²) in [5.41, 5.74) is -1.68. The van der Waals surface area contributed by atoms with Gasteiger partial charge in [-0.3, -0.25) is 4.79 Å². The second-order valence-corrected chi connectivity index (χ2v) is 8.20. The lowest BCUT2D eigenvalue weighted by Crippen LogP contribution is -2.42. The van der Waals surface area contributed by atoms with Crippen molar-refractivity contribution in [1.29, 1.82) is 0 Å². The summed E-state index contributed by atoms with van der Waals surface area (Å²) in [5, 5.41) is 1.47. The standard InChI is InChI=1S/C16H14ClF6N3O3S/c1-7(16(21,22)23)25-30(28,29)11-6-26(2)13(12(11)17)15(27)24-8-3-4-10(18)9(5-8)14(19)20/h3-7,14,25H,1-2H3,(H,24,27). The van der Waals surface area contributed by atoms with Crippen LogP contribution in [0, 0.1) is 5.82 Å². The van der Waals surface area contributed by atoms with Crippen molar-refractivity contribution in [2.45, 2.75) is 30.5 Å². The smallest absolute Gasteiger partial charge is 0.344 e. The van der Waals surface area contributed by atoms with Gasteiger partial charge in [0.05, 0.1) is 10.6 Å². The number of aromatic nitrogens is 1. The number of aryl methyl sites for hydroxylation is 1. The van der Waals surface area contributed by atoms with Crippen LogP contribution in [0.15, 0.2) is 29.3 Å². The summed E-state index contributed by atoms with van der Waals surface area (Å²) in [5.74, 6) is -2.25. The summed E-state index contributed by atoms with van der Waals surface area (Å²) in [4.78, 5) is 11.7. The Bertz CT molecular complexity index is 1070. The van der Waals surface area contributed by atoms with Gasteiger partial charge in [-0.05, 0) is 25.1 Å². The van der Waals surface area contributed by atoms with Crippen LogP contribution in [-0.2, 0) is 17.1 Å². The van der Waals surface area contributed by atoms with Crippen molar-refractivity contribution in [2.24, 2.45) is 7.05 Å². The Balaban J connectivity index is 2.35. The van der Waals surface area contributed by atoms with E-state index in [0.29, 0.717) is 19.1 Å². The number of carbonyl (C=O) groups is 1. The lowest BCUT2D eigenvalue weighted by molar-refractivity contribution is -0.147. The van der Waals surface area contributed by atoms with Crippen LogP contribution in [0.5, 0.6) is 0 Å². The van der Waals surface area contributed by atoms with E-state index in [1.54, 1.807) is 0 Å². The van der Waals surface area contributed by atoms with E-state index in [9.17, 15) is 39.6 Å². The SMILES string of the molecule is CC(NS(=O)(=O)c1cn(C)c(C(=O)Nc2ccc(F)c(C(F)F)c2)c1Cl)C(F)(F)F. The highest BCUT2D eigenvalue weighted by molar-refractivity contribution is 7.89. The average molecular weight is 478 g/mol. The molecule has 1 heterocycles. The summed E-state index contributed by atoms with van der Waals surface area (Å²) in [6.07, 6.45) is -7.20. The molecule has 2 rings (SSSR count). The van der Waals surface area contributed by atoms with E-state index in [2.05, 4.69) is 5.32 Å². The number of hydrogen-bond donors (Lipinski definition) is 2. The van der Waals surface area contributed by atoms with Crippen LogP contribution in [0.3, 0.4) is 0 Å². The van der Waals surface area contributed by atoms with Gasteiger partial charge in [0.1, 0.15) is 22.4 Å². The van der Waals surface area contributed by atoms with Crippen LogP contribution < -0.4 is 10.0 Å². The fraction of sp³-hybridized carbons (Fsp3) is 0.312. The molecule has 2 N–H and O–H groups in total. The highest BCUT2D eigenvalue weighted by Crippen LogP contribution is 2.30. The van der Waals surface area contributed by atoms with E-state index in [0.717, 1.165) is 16.8 Å². The zero-order valence-corrected chi connectivity index (χ0v) is 16.8. The molecular weight excluding hydrogens is 464 g/mol. The van der Waals surface area contributed by atoms with Gasteiger partial charge < -0.3 is 9.88 Å². The van der Waals surface area contributed by atoms with Crippen molar-refractivity contribution < 1.29 is 39.6 Å². The van der Waals surface area contributed by atoms with Gasteiger partial charge >= 0.3 is 6.18 Å². The number of sulfonamides is 1. The van der Waals surface area contributed by atoms with Crippen LogP contribution >= 0.6 is 11.6 Å². The Kier molecular flexibility index (Phi) is 6.79. The molecule has 0 saturated heterocycles. The maximum Gasteiger partial charge on any atom is 0.404 e. The van der Waals surface area contributed by atoms with Crippen LogP contribution in [0.25, 0.3) is 0 Å². The zero-order valence-electron chi connectivity index (χ0n) is 15.2. The molecule has 0 bridgehead atoms. The quantitative estimate of drug-likeness (QED) is 0.611. The molecule has 2 aromatic rings. The maximum absolute atomic E-state index is 13.4. The minimum Gasteiger partial charge on any atom is -0.344 e. The number of anilines is 1. The predicted octanol–water partition coefficient (Wildman–Crippen LogP) is 4.24. The van der Waals surface area contributed by atoms with Crippen molar-refractivity contribution >= 4 is 33.2 Å². The van der Waals surface area contributed by atoms with Crippen molar-refractivity contribution in [3.05, 3.63) is 46.5 Å². The molecular formula is C16H14ClF6N3O3S. The number of rotatable bonds is 6. The maximum atomic E-state index is 13.4. The molecule has 0 aliphatic heterocycles. The molecule has 0 saturated carbocycles. The molecule has 1 unspecified atom stereocenters. The second kappa shape index (κ2) is 8.47. The predicted molar refractivity (Wildman–Crippen MR) is 95.6 cm³/mol. The summed E-state index contributed by atoms with van der Waals surface area (Å²) < 4.78 is 104. The Morgan fingerprint density at radius 2 is 1.83 bits per heavy atom. The first-order chi connectivity index (χ1) is 13.6. The molecule has 14 heteroatoms. The number of nitrogens with one attached hydrogen (secondary N) is 2. The number of amides is 1. The lowest BCUT2D eigenvalue weighted by Gasteiger charge is -2.16. The fourth-order valence-corrected chi connectivity index (χ4v) is 4.29. The van der Waals surface area contributed by atoms with E-state index >= 15 is 0 Å². The number of nitrogens with zero attached hydrogens (tertiary/aromatic N) is 1. The molecule has 0 aliphatic carbocycles. The molecule has 1 aromatic carbocycles. The van der Waals surface area contributed by atoms with Crippen LogP contribution in [0.1, 0.15) is 29.4 Å². The highest BCUT2D eigenvalue weighted by Gasteiger charge is 2.40. The zero-order chi connectivity index (χ0) is 23.0. The third-order valence-corrected chi connectivity index (χ3v) is 5.95. The Morgan fingerprint density at radius 3 is 2.37 bits per heavy atom. The number of carbonyl (C=O) groups excluding carboxylic acids is 1. The van der Waals surface area contributed by atoms with Crippen molar-refractivity contribution in [1.82, 2.24) is 9.29 Å². The molecule has 30 heavy (non-hydrogen) atoms. The van der Waals surface area contributed by atoms with Crippen LogP contribution in [0.4, 0.5) is 32.0 Å². The second-order valence-electron chi connectivity index (χ2n) is 6.14. The van der Waals surface area contributed by atoms with Gasteiger partial charge in [-0.1, -0.05) is 11.6 Å². The average Bonchev–Trinajstić information content (AvgIpc) is 2.90. The molecule has 0 spiro atoms. The summed E-state index contributed by atoms with van der Waals surface area (Å²) in [6, 6.07) is -0.0655. The number of benzene rings is 1. The lowest BCUT2D eigenvalue weighted by atomic mass is 10.2. The molecule has 1 amide bonds. The Morgan fingerprint density at radius 1 is 1.23 bits per heavy atom. The summed E-state index contributed by atoms with van der Waals surface area (Å²) >= 11 is 5.92. The van der Waals surface area contributed by atoms with Gasteiger partial charge in [-0.2, -0.15) is 17.9 Å². The van der Waals surface area contributed by atoms with Crippen molar-refractivity contribution in [3.63, 3.8) is 0 Å². The minimum atomic E-state index is -4.86. The topological polar surface area (TPSA) is 80.2 Å². The third-order valence-electron chi connectivity index (χ3n) is 3.90. The largest absolute Gasteiger partial charge is 0.404 e. The minimum absolute atomic E-state index is 0.234. The fourth-order valence-electron chi connectivity index (χ4n) is 2.36. The van der Waals surface area contributed by atoms with Gasteiger partial charge in [0.15, 0.2) is 0 Å². The number of halogens is 7. The van der Waals surface area contributed by atoms with E-state index < -0.39 is 61.6 Å². The van der Waals surface area contributed by atoms with Crippen molar-refractivity contribution in [3.8, 4) is 0 Å². The van der Waals surface area contributed by atoms with E-state index in [4.69, 9.17) is 11.6 Å². The monoisotopic (exact) mass is 477 g/mol. The van der Waals surface area contributed by atoms with Gasteiger partial charge in [0.2, 0.25) is 10.0 Å². The van der Waals surface area contributed by atoms with Crippen molar-refractivity contribution in [2.75, 3.05) is 5.32 Å². The number of alkyl halides is 5. The normalized spacial score (nSPS) is 13.5. The van der Waals surface area contributed by atoms with Gasteiger partial charge in [-0.25, -0.2) is 21.6 Å². The first-order valence-corrected chi connectivity index (χ1v) is 9.84. The Hall–Kier alpha value is -2.25. The molecule has 166 valence electrons. The van der Waals surface area contributed by atoms with E-state index in [-0.39, 0.29) is 5.69 Å². The molecule has 0 fully saturated rings. The molecule has 1 atom stereocenters. The first-order valence-electron chi connectivity index (χ1n) is 7.98. The first kappa shape index (κ1) is 24.0. The molecule has 0 radical (unpaired) electrons. The van der Waals surface area contributed by atoms with Gasteiger partial charge in [0, 0.05) is 18.9 Å². The van der Waals surface area contributed by atoms with E-state index in [1.165, 1.54) is 11.8 Å². The molecule has 0 aliphatic rings. The molecule has 6 nitrogen and oxygen atoms in total.